The van der Waals surface area contributed by atoms with Gasteiger partial charge in [0, 0.05) is 36.8 Å². The van der Waals surface area contributed by atoms with Crippen molar-refractivity contribution in [3.05, 3.63) is 45.2 Å². The molecule has 0 radical (unpaired) electrons. The number of hydrogen-bond acceptors (Lipinski definition) is 4. The molecule has 1 aliphatic rings. The summed E-state index contributed by atoms with van der Waals surface area (Å²) in [7, 11) is 0. The highest BCUT2D eigenvalue weighted by atomic mass is 16.5. The molecule has 1 saturated heterocycles. The number of benzene rings is 1. The summed E-state index contributed by atoms with van der Waals surface area (Å²) < 4.78 is 5.36. The van der Waals surface area contributed by atoms with Gasteiger partial charge in [0.15, 0.2) is 5.43 Å². The van der Waals surface area contributed by atoms with Gasteiger partial charge in [-0.15, -0.1) is 0 Å². The molecule has 2 N–H and O–H groups in total. The number of nitrogens with zero attached hydrogens (tertiary/aromatic N) is 1. The average molecular weight is 329 g/mol. The van der Waals surface area contributed by atoms with Gasteiger partial charge in [0.25, 0.3) is 0 Å². The Hall–Kier alpha value is -1.69. The molecule has 5 nitrogen and oxygen atoms in total. The van der Waals surface area contributed by atoms with Crippen LogP contribution in [-0.2, 0) is 11.3 Å². The molecule has 3 rings (SSSR count). The van der Waals surface area contributed by atoms with Crippen molar-refractivity contribution < 1.29 is 4.74 Å². The van der Waals surface area contributed by atoms with Gasteiger partial charge >= 0.3 is 0 Å². The van der Waals surface area contributed by atoms with Crippen LogP contribution in [0.4, 0.5) is 0 Å². The van der Waals surface area contributed by atoms with Crippen LogP contribution in [0.25, 0.3) is 10.9 Å². The number of hydrogen-bond donors (Lipinski definition) is 2. The average Bonchev–Trinajstić information content (AvgIpc) is 2.58. The summed E-state index contributed by atoms with van der Waals surface area (Å²) in [4.78, 5) is 18.3. The molecule has 1 aromatic heterocycles. The predicted octanol–water partition coefficient (Wildman–Crippen LogP) is 1.96. The lowest BCUT2D eigenvalue weighted by Gasteiger charge is -2.26. The first-order valence-electron chi connectivity index (χ1n) is 8.78. The van der Waals surface area contributed by atoms with E-state index in [0.717, 1.165) is 73.5 Å². The van der Waals surface area contributed by atoms with Crippen LogP contribution in [-0.4, -0.2) is 49.3 Å². The first-order valence-corrected chi connectivity index (χ1v) is 8.78. The number of aromatic nitrogens is 1. The van der Waals surface area contributed by atoms with Crippen molar-refractivity contribution in [1.29, 1.82) is 0 Å². The van der Waals surface area contributed by atoms with Gasteiger partial charge in [0.05, 0.1) is 18.7 Å². The normalized spacial score (nSPS) is 15.9. The fourth-order valence-electron chi connectivity index (χ4n) is 3.29. The molecule has 2 heterocycles. The molecule has 0 aliphatic carbocycles. The van der Waals surface area contributed by atoms with Crippen LogP contribution in [0.3, 0.4) is 0 Å². The molecule has 2 aromatic rings. The smallest absolute Gasteiger partial charge is 0.189 e. The van der Waals surface area contributed by atoms with Crippen LogP contribution in [0.2, 0.25) is 0 Å². The monoisotopic (exact) mass is 329 g/mol. The van der Waals surface area contributed by atoms with E-state index in [9.17, 15) is 4.79 Å². The van der Waals surface area contributed by atoms with Crippen LogP contribution < -0.4 is 10.7 Å². The van der Waals surface area contributed by atoms with Crippen LogP contribution in [0.15, 0.2) is 23.0 Å². The highest BCUT2D eigenvalue weighted by Gasteiger charge is 2.09. The lowest BCUT2D eigenvalue weighted by atomic mass is 10.0. The Morgan fingerprint density at radius 3 is 2.75 bits per heavy atom. The summed E-state index contributed by atoms with van der Waals surface area (Å²) in [5.74, 6) is 0. The summed E-state index contributed by atoms with van der Waals surface area (Å²) >= 11 is 0. The highest BCUT2D eigenvalue weighted by Crippen LogP contribution is 2.17. The fraction of sp³-hybridized carbons (Fsp3) is 0.526. The Morgan fingerprint density at radius 1 is 1.21 bits per heavy atom. The van der Waals surface area contributed by atoms with Crippen LogP contribution in [0.1, 0.15) is 23.2 Å². The lowest BCUT2D eigenvalue weighted by Crippen LogP contribution is -2.37. The van der Waals surface area contributed by atoms with Gasteiger partial charge in [-0.3, -0.25) is 9.69 Å². The summed E-state index contributed by atoms with van der Waals surface area (Å²) in [6.45, 7) is 10.6. The van der Waals surface area contributed by atoms with Crippen molar-refractivity contribution in [3.8, 4) is 0 Å². The highest BCUT2D eigenvalue weighted by molar-refractivity contribution is 5.84. The zero-order valence-corrected chi connectivity index (χ0v) is 14.7. The molecular formula is C19H27N3O2. The minimum atomic E-state index is 0.107. The van der Waals surface area contributed by atoms with Gasteiger partial charge in [0.2, 0.25) is 0 Å². The first kappa shape index (κ1) is 17.1. The van der Waals surface area contributed by atoms with Gasteiger partial charge in [-0.25, -0.2) is 0 Å². The molecule has 0 amide bonds. The van der Waals surface area contributed by atoms with E-state index < -0.39 is 0 Å². The molecule has 130 valence electrons. The quantitative estimate of drug-likeness (QED) is 0.796. The number of pyridine rings is 1. The van der Waals surface area contributed by atoms with Crippen LogP contribution >= 0.6 is 0 Å². The van der Waals surface area contributed by atoms with Gasteiger partial charge in [-0.1, -0.05) is 12.1 Å². The van der Waals surface area contributed by atoms with Gasteiger partial charge in [0.1, 0.15) is 0 Å². The molecule has 1 aliphatic heterocycles. The third-order valence-electron chi connectivity index (χ3n) is 4.71. The summed E-state index contributed by atoms with van der Waals surface area (Å²) in [5.41, 5.74) is 4.17. The maximum absolute atomic E-state index is 12.4. The molecule has 0 spiro atoms. The number of nitrogens with one attached hydrogen (secondary N) is 2. The van der Waals surface area contributed by atoms with E-state index >= 15 is 0 Å². The molecule has 0 bridgehead atoms. The fourth-order valence-corrected chi connectivity index (χ4v) is 3.29. The second-order valence-electron chi connectivity index (χ2n) is 6.59. The molecule has 1 aromatic carbocycles. The molecular weight excluding hydrogens is 302 g/mol. The zero-order valence-electron chi connectivity index (χ0n) is 14.7. The largest absolute Gasteiger partial charge is 0.379 e. The number of aryl methyl sites for hydroxylation is 2. The molecule has 0 unspecified atom stereocenters. The van der Waals surface area contributed by atoms with E-state index in [2.05, 4.69) is 21.3 Å². The number of H-pyrrole nitrogens is 1. The van der Waals surface area contributed by atoms with Crippen molar-refractivity contribution >= 4 is 10.9 Å². The Morgan fingerprint density at radius 2 is 1.96 bits per heavy atom. The molecule has 24 heavy (non-hydrogen) atoms. The maximum atomic E-state index is 12.4. The van der Waals surface area contributed by atoms with E-state index in [1.165, 1.54) is 0 Å². The number of morpholine rings is 1. The summed E-state index contributed by atoms with van der Waals surface area (Å²) in [5, 5.41) is 4.25. The minimum absolute atomic E-state index is 0.107. The molecule has 1 fully saturated rings. The van der Waals surface area contributed by atoms with Crippen molar-refractivity contribution in [2.24, 2.45) is 0 Å². The van der Waals surface area contributed by atoms with Gasteiger partial charge in [-0.2, -0.15) is 0 Å². The topological polar surface area (TPSA) is 57.4 Å². The second kappa shape index (κ2) is 7.92. The first-order chi connectivity index (χ1) is 11.6. The van der Waals surface area contributed by atoms with Crippen molar-refractivity contribution in [3.63, 3.8) is 0 Å². The molecule has 0 atom stereocenters. The Kier molecular flexibility index (Phi) is 5.66. The van der Waals surface area contributed by atoms with E-state index in [1.54, 1.807) is 6.07 Å². The van der Waals surface area contributed by atoms with Crippen molar-refractivity contribution in [2.45, 2.75) is 26.8 Å². The van der Waals surface area contributed by atoms with E-state index in [-0.39, 0.29) is 5.43 Å². The minimum Gasteiger partial charge on any atom is -0.379 e. The molecule has 5 heteroatoms. The van der Waals surface area contributed by atoms with Crippen LogP contribution in [0.5, 0.6) is 0 Å². The maximum Gasteiger partial charge on any atom is 0.189 e. The van der Waals surface area contributed by atoms with Crippen molar-refractivity contribution in [1.82, 2.24) is 15.2 Å². The third kappa shape index (κ3) is 4.04. The lowest BCUT2D eigenvalue weighted by molar-refractivity contribution is 0.0374. The van der Waals surface area contributed by atoms with E-state index in [1.807, 2.05) is 19.9 Å². The number of aromatic amines is 1. The van der Waals surface area contributed by atoms with E-state index in [0.29, 0.717) is 6.54 Å². The number of fused-ring (bicyclic) bond motifs is 1. The number of ether oxygens (including phenoxy) is 1. The SMILES string of the molecule is Cc1ccc(C)c2c(=O)cc(CNCCCN3CCOCC3)[nH]c12. The Labute approximate surface area is 143 Å². The van der Waals surface area contributed by atoms with Gasteiger partial charge < -0.3 is 15.0 Å². The molecule has 0 saturated carbocycles. The second-order valence-corrected chi connectivity index (χ2v) is 6.59. The van der Waals surface area contributed by atoms with Crippen molar-refractivity contribution in [2.75, 3.05) is 39.4 Å². The zero-order chi connectivity index (χ0) is 16.9. The third-order valence-corrected chi connectivity index (χ3v) is 4.71. The summed E-state index contributed by atoms with van der Waals surface area (Å²) in [6, 6.07) is 5.80. The standard InChI is InChI=1S/C19H27N3O2/c1-14-4-5-15(2)19-18(14)17(23)12-16(21-19)13-20-6-3-7-22-8-10-24-11-9-22/h4-5,12,20H,3,6-11,13H2,1-2H3,(H,21,23). The number of rotatable bonds is 6. The Bertz CT molecular complexity index is 748. The predicted molar refractivity (Wildman–Crippen MR) is 97.6 cm³/mol. The van der Waals surface area contributed by atoms with Gasteiger partial charge in [-0.05, 0) is 44.5 Å². The Balaban J connectivity index is 1.56. The summed E-state index contributed by atoms with van der Waals surface area (Å²) in [6.07, 6.45) is 1.11. The van der Waals surface area contributed by atoms with Crippen LogP contribution in [0, 0.1) is 13.8 Å². The van der Waals surface area contributed by atoms with E-state index in [4.69, 9.17) is 4.74 Å².